The molecule has 2 aromatic heterocycles. The molecule has 0 amide bonds. The predicted molar refractivity (Wildman–Crippen MR) is 73.6 cm³/mol. The standard InChI is InChI=1S/C14H20N4O/c1-9-7-6-8-10(16-9)11-17-12(19-18-11)13(2,3)14(4,5)15/h6-8H,15H2,1-5H3. The minimum absolute atomic E-state index is 0.415. The topological polar surface area (TPSA) is 77.8 Å². The number of hydrogen-bond acceptors (Lipinski definition) is 5. The molecule has 0 unspecified atom stereocenters. The van der Waals surface area contributed by atoms with Gasteiger partial charge in [-0.2, -0.15) is 4.98 Å². The van der Waals surface area contributed by atoms with Gasteiger partial charge in [0.05, 0.1) is 5.41 Å². The second kappa shape index (κ2) is 4.42. The number of pyridine rings is 1. The maximum Gasteiger partial charge on any atom is 0.234 e. The third-order valence-corrected chi connectivity index (χ3v) is 3.69. The van der Waals surface area contributed by atoms with Crippen LogP contribution in [0.5, 0.6) is 0 Å². The molecular weight excluding hydrogens is 240 g/mol. The Hall–Kier alpha value is -1.75. The largest absolute Gasteiger partial charge is 0.338 e. The van der Waals surface area contributed by atoms with Crippen molar-refractivity contribution in [1.82, 2.24) is 15.1 Å². The smallest absolute Gasteiger partial charge is 0.234 e. The summed E-state index contributed by atoms with van der Waals surface area (Å²) in [6.07, 6.45) is 0. The Morgan fingerprint density at radius 3 is 2.37 bits per heavy atom. The van der Waals surface area contributed by atoms with E-state index in [9.17, 15) is 0 Å². The molecule has 0 aliphatic carbocycles. The van der Waals surface area contributed by atoms with Crippen LogP contribution in [0, 0.1) is 6.92 Å². The lowest BCUT2D eigenvalue weighted by atomic mass is 9.75. The van der Waals surface area contributed by atoms with Crippen molar-refractivity contribution >= 4 is 0 Å². The van der Waals surface area contributed by atoms with Crippen LogP contribution in [0.25, 0.3) is 11.5 Å². The quantitative estimate of drug-likeness (QED) is 0.917. The highest BCUT2D eigenvalue weighted by Gasteiger charge is 2.40. The molecule has 102 valence electrons. The van der Waals surface area contributed by atoms with E-state index in [0.29, 0.717) is 17.4 Å². The summed E-state index contributed by atoms with van der Waals surface area (Å²) >= 11 is 0. The zero-order chi connectivity index (χ0) is 14.3. The van der Waals surface area contributed by atoms with Gasteiger partial charge in [0.15, 0.2) is 0 Å². The van der Waals surface area contributed by atoms with Gasteiger partial charge in [-0.15, -0.1) is 0 Å². The fraction of sp³-hybridized carbons (Fsp3) is 0.500. The van der Waals surface area contributed by atoms with Crippen molar-refractivity contribution in [3.63, 3.8) is 0 Å². The van der Waals surface area contributed by atoms with Gasteiger partial charge in [-0.05, 0) is 46.8 Å². The predicted octanol–water partition coefficient (Wildman–Crippen LogP) is 2.45. The van der Waals surface area contributed by atoms with E-state index < -0.39 is 11.0 Å². The van der Waals surface area contributed by atoms with Crippen LogP contribution in [0.15, 0.2) is 22.7 Å². The van der Waals surface area contributed by atoms with E-state index in [4.69, 9.17) is 10.3 Å². The summed E-state index contributed by atoms with van der Waals surface area (Å²) < 4.78 is 5.37. The van der Waals surface area contributed by atoms with Gasteiger partial charge in [-0.3, -0.25) is 0 Å². The second-order valence-corrected chi connectivity index (χ2v) is 5.93. The first kappa shape index (κ1) is 13.7. The Labute approximate surface area is 113 Å². The van der Waals surface area contributed by atoms with Crippen LogP contribution < -0.4 is 5.73 Å². The van der Waals surface area contributed by atoms with E-state index in [1.54, 1.807) is 0 Å². The fourth-order valence-corrected chi connectivity index (χ4v) is 1.52. The molecule has 0 aliphatic rings. The normalized spacial score (nSPS) is 12.7. The Bertz CT molecular complexity index is 581. The first-order chi connectivity index (χ1) is 8.72. The van der Waals surface area contributed by atoms with E-state index in [2.05, 4.69) is 15.1 Å². The zero-order valence-corrected chi connectivity index (χ0v) is 12.1. The average Bonchev–Trinajstić information content (AvgIpc) is 2.77. The molecule has 2 aromatic rings. The minimum Gasteiger partial charge on any atom is -0.338 e. The number of aryl methyl sites for hydroxylation is 1. The first-order valence-corrected chi connectivity index (χ1v) is 6.29. The molecule has 0 aromatic carbocycles. The SMILES string of the molecule is Cc1cccc(-c2noc(C(C)(C)C(C)(C)N)n2)n1. The molecule has 5 nitrogen and oxygen atoms in total. The molecule has 19 heavy (non-hydrogen) atoms. The summed E-state index contributed by atoms with van der Waals surface area (Å²) in [7, 11) is 0. The number of nitrogens with two attached hydrogens (primary N) is 1. The molecular formula is C14H20N4O. The molecule has 2 rings (SSSR count). The molecule has 0 saturated heterocycles. The van der Waals surface area contributed by atoms with Crippen molar-refractivity contribution < 1.29 is 4.52 Å². The summed E-state index contributed by atoms with van der Waals surface area (Å²) in [5.74, 6) is 1.02. The Kier molecular flexibility index (Phi) is 3.18. The van der Waals surface area contributed by atoms with E-state index in [1.165, 1.54) is 0 Å². The highest BCUT2D eigenvalue weighted by Crippen LogP contribution is 2.32. The van der Waals surface area contributed by atoms with Crippen LogP contribution in [-0.4, -0.2) is 20.7 Å². The number of aromatic nitrogens is 3. The molecule has 5 heteroatoms. The Balaban J connectivity index is 2.40. The molecule has 2 N–H and O–H groups in total. The molecule has 2 heterocycles. The maximum absolute atomic E-state index is 6.17. The lowest BCUT2D eigenvalue weighted by Gasteiger charge is -2.34. The summed E-state index contributed by atoms with van der Waals surface area (Å²) in [5, 5.41) is 4.00. The first-order valence-electron chi connectivity index (χ1n) is 6.29. The van der Waals surface area contributed by atoms with Gasteiger partial charge in [0.25, 0.3) is 0 Å². The van der Waals surface area contributed by atoms with Crippen LogP contribution in [0.1, 0.15) is 39.3 Å². The second-order valence-electron chi connectivity index (χ2n) is 5.93. The van der Waals surface area contributed by atoms with Gasteiger partial charge >= 0.3 is 0 Å². The van der Waals surface area contributed by atoms with E-state index in [1.807, 2.05) is 52.8 Å². The molecule has 0 fully saturated rings. The van der Waals surface area contributed by atoms with Crippen molar-refractivity contribution in [1.29, 1.82) is 0 Å². The van der Waals surface area contributed by atoms with Crippen molar-refractivity contribution in [3.8, 4) is 11.5 Å². The van der Waals surface area contributed by atoms with Gasteiger partial charge < -0.3 is 10.3 Å². The van der Waals surface area contributed by atoms with Crippen molar-refractivity contribution in [2.45, 2.75) is 45.6 Å². The van der Waals surface area contributed by atoms with Crippen LogP contribution in [-0.2, 0) is 5.41 Å². The third kappa shape index (κ3) is 2.51. The zero-order valence-electron chi connectivity index (χ0n) is 12.1. The summed E-state index contributed by atoms with van der Waals surface area (Å²) in [6, 6.07) is 5.71. The van der Waals surface area contributed by atoms with Crippen molar-refractivity contribution in [3.05, 3.63) is 29.8 Å². The summed E-state index contributed by atoms with van der Waals surface area (Å²) in [4.78, 5) is 8.82. The van der Waals surface area contributed by atoms with Crippen LogP contribution in [0.4, 0.5) is 0 Å². The minimum atomic E-state index is -0.461. The van der Waals surface area contributed by atoms with Gasteiger partial charge in [0, 0.05) is 11.2 Å². The highest BCUT2D eigenvalue weighted by atomic mass is 16.5. The highest BCUT2D eigenvalue weighted by molar-refractivity contribution is 5.48. The van der Waals surface area contributed by atoms with Crippen molar-refractivity contribution in [2.24, 2.45) is 5.73 Å². The number of nitrogens with zero attached hydrogens (tertiary/aromatic N) is 3. The lowest BCUT2D eigenvalue weighted by molar-refractivity contribution is 0.223. The third-order valence-electron chi connectivity index (χ3n) is 3.69. The maximum atomic E-state index is 6.17. The summed E-state index contributed by atoms with van der Waals surface area (Å²) in [6.45, 7) is 9.81. The van der Waals surface area contributed by atoms with E-state index >= 15 is 0 Å². The molecule has 0 bridgehead atoms. The van der Waals surface area contributed by atoms with Crippen LogP contribution >= 0.6 is 0 Å². The van der Waals surface area contributed by atoms with Crippen LogP contribution in [0.3, 0.4) is 0 Å². The molecule has 0 radical (unpaired) electrons. The number of hydrogen-bond donors (Lipinski definition) is 1. The molecule has 0 atom stereocenters. The molecule has 0 aliphatic heterocycles. The van der Waals surface area contributed by atoms with Crippen molar-refractivity contribution in [2.75, 3.05) is 0 Å². The van der Waals surface area contributed by atoms with Gasteiger partial charge in [-0.25, -0.2) is 4.98 Å². The summed E-state index contributed by atoms with van der Waals surface area (Å²) in [5.41, 5.74) is 6.93. The number of rotatable bonds is 3. The average molecular weight is 260 g/mol. The van der Waals surface area contributed by atoms with E-state index in [0.717, 1.165) is 5.69 Å². The lowest BCUT2D eigenvalue weighted by Crippen LogP contribution is -2.50. The van der Waals surface area contributed by atoms with Gasteiger partial charge in [0.2, 0.25) is 11.7 Å². The fourth-order valence-electron chi connectivity index (χ4n) is 1.52. The van der Waals surface area contributed by atoms with Gasteiger partial charge in [-0.1, -0.05) is 11.2 Å². The Morgan fingerprint density at radius 1 is 1.11 bits per heavy atom. The van der Waals surface area contributed by atoms with Crippen LogP contribution in [0.2, 0.25) is 0 Å². The van der Waals surface area contributed by atoms with E-state index in [-0.39, 0.29) is 0 Å². The molecule has 0 spiro atoms. The Morgan fingerprint density at radius 2 is 1.79 bits per heavy atom. The van der Waals surface area contributed by atoms with Gasteiger partial charge in [0.1, 0.15) is 5.69 Å². The molecule has 0 saturated carbocycles. The monoisotopic (exact) mass is 260 g/mol.